The van der Waals surface area contributed by atoms with E-state index >= 15 is 0 Å². The summed E-state index contributed by atoms with van der Waals surface area (Å²) >= 11 is 12.3. The molecule has 0 saturated heterocycles. The van der Waals surface area contributed by atoms with Gasteiger partial charge in [0.25, 0.3) is 0 Å². The molecule has 0 rings (SSSR count). The van der Waals surface area contributed by atoms with E-state index in [1.54, 1.807) is 0 Å². The number of rotatable bonds is 8. The van der Waals surface area contributed by atoms with E-state index in [0.29, 0.717) is 11.8 Å². The van der Waals surface area contributed by atoms with Crippen LogP contribution in [-0.2, 0) is 4.74 Å². The molecule has 0 radical (unpaired) electrons. The van der Waals surface area contributed by atoms with Gasteiger partial charge in [-0.05, 0) is 37.5 Å². The minimum Gasteiger partial charge on any atom is -0.483 e. The Labute approximate surface area is 105 Å². The van der Waals surface area contributed by atoms with Crippen molar-refractivity contribution in [2.75, 3.05) is 12.8 Å². The molecule has 0 heterocycles. The van der Waals surface area contributed by atoms with Gasteiger partial charge in [-0.3, -0.25) is 0 Å². The number of unbranched alkanes of at least 4 members (excludes halogenated alkanes) is 2. The SMILES string of the molecule is CCCCO/C(Cl)=C(/C)P(Cl)CCCC. The van der Waals surface area contributed by atoms with Gasteiger partial charge >= 0.3 is 0 Å². The van der Waals surface area contributed by atoms with Gasteiger partial charge in [0, 0.05) is 12.6 Å². The molecule has 0 saturated carbocycles. The van der Waals surface area contributed by atoms with E-state index in [1.807, 2.05) is 6.92 Å². The van der Waals surface area contributed by atoms with E-state index in [2.05, 4.69) is 13.8 Å². The molecule has 1 nitrogen and oxygen atoms in total. The number of hydrogen-bond donors (Lipinski definition) is 0. The minimum atomic E-state index is -0.613. The van der Waals surface area contributed by atoms with Gasteiger partial charge < -0.3 is 4.74 Å². The van der Waals surface area contributed by atoms with Gasteiger partial charge in [0.05, 0.1) is 6.61 Å². The fraction of sp³-hybridized carbons (Fsp3) is 0.818. The largest absolute Gasteiger partial charge is 0.483 e. The molecule has 4 heteroatoms. The Morgan fingerprint density at radius 3 is 2.33 bits per heavy atom. The maximum absolute atomic E-state index is 6.26. The van der Waals surface area contributed by atoms with Gasteiger partial charge in [-0.25, -0.2) is 0 Å². The Balaban J connectivity index is 3.98. The summed E-state index contributed by atoms with van der Waals surface area (Å²) in [5.41, 5.74) is 0. The molecule has 0 amide bonds. The first-order chi connectivity index (χ1) is 7.13. The lowest BCUT2D eigenvalue weighted by Gasteiger charge is -2.12. The molecule has 90 valence electrons. The van der Waals surface area contributed by atoms with E-state index in [1.165, 1.54) is 6.42 Å². The number of allylic oxidation sites excluding steroid dienone is 1. The lowest BCUT2D eigenvalue weighted by molar-refractivity contribution is 0.229. The van der Waals surface area contributed by atoms with Crippen LogP contribution >= 0.6 is 30.1 Å². The first-order valence-electron chi connectivity index (χ1n) is 5.55. The highest BCUT2D eigenvalue weighted by Gasteiger charge is 2.11. The van der Waals surface area contributed by atoms with Gasteiger partial charge in [0.2, 0.25) is 0 Å². The molecule has 0 aromatic rings. The monoisotopic (exact) mass is 270 g/mol. The summed E-state index contributed by atoms with van der Waals surface area (Å²) in [4.78, 5) is 0. The lowest BCUT2D eigenvalue weighted by atomic mass is 10.4. The lowest BCUT2D eigenvalue weighted by Crippen LogP contribution is -1.92. The van der Waals surface area contributed by atoms with Crippen LogP contribution < -0.4 is 0 Å². The molecule has 0 N–H and O–H groups in total. The molecule has 15 heavy (non-hydrogen) atoms. The molecule has 0 aliphatic heterocycles. The third-order valence-electron chi connectivity index (χ3n) is 2.08. The fourth-order valence-corrected chi connectivity index (χ4v) is 3.26. The smallest absolute Gasteiger partial charge is 0.191 e. The summed E-state index contributed by atoms with van der Waals surface area (Å²) < 4.78 is 5.42. The maximum Gasteiger partial charge on any atom is 0.191 e. The van der Waals surface area contributed by atoms with Crippen molar-refractivity contribution in [2.24, 2.45) is 0 Å². The normalized spacial score (nSPS) is 14.7. The van der Waals surface area contributed by atoms with Gasteiger partial charge in [-0.15, -0.1) is 0 Å². The number of hydrogen-bond acceptors (Lipinski definition) is 1. The molecule has 0 fully saturated rings. The molecule has 0 aromatic carbocycles. The van der Waals surface area contributed by atoms with Crippen molar-refractivity contribution in [3.8, 4) is 0 Å². The average molecular weight is 271 g/mol. The van der Waals surface area contributed by atoms with Gasteiger partial charge in [0.15, 0.2) is 5.22 Å². The Kier molecular flexibility index (Phi) is 10.1. The first-order valence-corrected chi connectivity index (χ1v) is 8.36. The number of halogens is 2. The average Bonchev–Trinajstić information content (AvgIpc) is 2.24. The van der Waals surface area contributed by atoms with Crippen molar-refractivity contribution in [3.05, 3.63) is 10.5 Å². The van der Waals surface area contributed by atoms with Crippen molar-refractivity contribution < 1.29 is 4.74 Å². The summed E-state index contributed by atoms with van der Waals surface area (Å²) in [5.74, 6) is 0. The van der Waals surface area contributed by atoms with Crippen LogP contribution in [-0.4, -0.2) is 12.8 Å². The van der Waals surface area contributed by atoms with Crippen molar-refractivity contribution in [3.63, 3.8) is 0 Å². The first kappa shape index (κ1) is 15.6. The van der Waals surface area contributed by atoms with Crippen LogP contribution in [0.15, 0.2) is 10.5 Å². The van der Waals surface area contributed by atoms with E-state index in [9.17, 15) is 0 Å². The second kappa shape index (κ2) is 9.75. The highest BCUT2D eigenvalue weighted by atomic mass is 35.7. The van der Waals surface area contributed by atoms with Crippen LogP contribution in [0.1, 0.15) is 46.5 Å². The van der Waals surface area contributed by atoms with Crippen LogP contribution in [0.4, 0.5) is 0 Å². The van der Waals surface area contributed by atoms with Crippen molar-refractivity contribution >= 4 is 30.1 Å². The zero-order valence-corrected chi connectivity index (χ0v) is 12.3. The third kappa shape index (κ3) is 7.44. The second-order valence-corrected chi connectivity index (χ2v) is 6.91. The zero-order chi connectivity index (χ0) is 11.7. The third-order valence-corrected chi connectivity index (χ3v) is 5.51. The predicted octanol–water partition coefficient (Wildman–Crippen LogP) is 5.67. The van der Waals surface area contributed by atoms with Crippen LogP contribution in [0.25, 0.3) is 0 Å². The molecule has 0 aliphatic rings. The second-order valence-electron chi connectivity index (χ2n) is 3.50. The maximum atomic E-state index is 6.26. The van der Waals surface area contributed by atoms with Gasteiger partial charge in [0.1, 0.15) is 0 Å². The quantitative estimate of drug-likeness (QED) is 0.314. The molecule has 0 aromatic heterocycles. The van der Waals surface area contributed by atoms with Crippen LogP contribution in [0, 0.1) is 0 Å². The standard InChI is InChI=1S/C11H21Cl2OP/c1-4-6-8-14-11(12)10(3)15(13)9-7-5-2/h4-9H2,1-3H3/b11-10-. The summed E-state index contributed by atoms with van der Waals surface area (Å²) in [5, 5.41) is 1.54. The highest BCUT2D eigenvalue weighted by Crippen LogP contribution is 2.52. The molecular formula is C11H21Cl2OP. The van der Waals surface area contributed by atoms with E-state index < -0.39 is 7.27 Å². The number of ether oxygens (including phenoxy) is 1. The van der Waals surface area contributed by atoms with Crippen molar-refractivity contribution in [2.45, 2.75) is 46.5 Å². The molecule has 0 bridgehead atoms. The fourth-order valence-electron chi connectivity index (χ4n) is 0.971. The van der Waals surface area contributed by atoms with Crippen molar-refractivity contribution in [1.82, 2.24) is 0 Å². The van der Waals surface area contributed by atoms with E-state index in [-0.39, 0.29) is 0 Å². The molecule has 1 unspecified atom stereocenters. The van der Waals surface area contributed by atoms with Crippen molar-refractivity contribution in [1.29, 1.82) is 0 Å². The van der Waals surface area contributed by atoms with E-state index in [0.717, 1.165) is 30.7 Å². The molecule has 0 aliphatic carbocycles. The summed E-state index contributed by atoms with van der Waals surface area (Å²) in [7, 11) is -0.613. The Morgan fingerprint density at radius 1 is 1.20 bits per heavy atom. The van der Waals surface area contributed by atoms with Crippen LogP contribution in [0.5, 0.6) is 0 Å². The summed E-state index contributed by atoms with van der Waals surface area (Å²) in [6.07, 6.45) is 5.53. The summed E-state index contributed by atoms with van der Waals surface area (Å²) in [6.45, 7) is 6.96. The van der Waals surface area contributed by atoms with Gasteiger partial charge in [-0.1, -0.05) is 37.9 Å². The summed E-state index contributed by atoms with van der Waals surface area (Å²) in [6, 6.07) is 0. The molecule has 0 spiro atoms. The van der Waals surface area contributed by atoms with E-state index in [4.69, 9.17) is 27.6 Å². The van der Waals surface area contributed by atoms with Crippen LogP contribution in [0.2, 0.25) is 0 Å². The highest BCUT2D eigenvalue weighted by molar-refractivity contribution is 7.87. The van der Waals surface area contributed by atoms with Gasteiger partial charge in [-0.2, -0.15) is 0 Å². The molecular weight excluding hydrogens is 250 g/mol. The topological polar surface area (TPSA) is 9.23 Å². The Morgan fingerprint density at radius 2 is 1.80 bits per heavy atom. The minimum absolute atomic E-state index is 0.515. The zero-order valence-electron chi connectivity index (χ0n) is 9.85. The Hall–Kier alpha value is 0.550. The Bertz CT molecular complexity index is 195. The molecule has 1 atom stereocenters. The predicted molar refractivity (Wildman–Crippen MR) is 72.0 cm³/mol. The van der Waals surface area contributed by atoms with Crippen LogP contribution in [0.3, 0.4) is 0 Å².